The summed E-state index contributed by atoms with van der Waals surface area (Å²) in [5, 5.41) is 15.5. The number of nitrogens with one attached hydrogen (secondary N) is 2. The van der Waals surface area contributed by atoms with Gasteiger partial charge in [0.2, 0.25) is 0 Å². The molecule has 4 bridgehead atoms. The van der Waals surface area contributed by atoms with Crippen LogP contribution < -0.4 is 15.4 Å². The maximum Gasteiger partial charge on any atom is 0.338 e. The number of urea groups is 1. The molecule has 0 aromatic heterocycles. The van der Waals surface area contributed by atoms with Crippen molar-refractivity contribution in [1.82, 2.24) is 10.6 Å². The number of carbonyl (C=O) groups is 3. The predicted octanol–water partition coefficient (Wildman–Crippen LogP) is 5.34. The van der Waals surface area contributed by atoms with Crippen LogP contribution in [0.1, 0.15) is 84.3 Å². The average Bonchev–Trinajstić information content (AvgIpc) is 2.87. The van der Waals surface area contributed by atoms with Crippen LogP contribution in [-0.4, -0.2) is 41.8 Å². The number of carboxylic acids is 1. The molecule has 0 spiro atoms. The molecule has 2 aromatic carbocycles. The van der Waals surface area contributed by atoms with Gasteiger partial charge in [0.25, 0.3) is 0 Å². The fourth-order valence-corrected chi connectivity index (χ4v) is 7.05. The second-order valence-electron chi connectivity index (χ2n) is 11.1. The summed E-state index contributed by atoms with van der Waals surface area (Å²) in [6.45, 7) is 2.46. The number of esters is 1. The van der Waals surface area contributed by atoms with Crippen molar-refractivity contribution in [1.29, 1.82) is 0 Å². The molecule has 1 unspecified atom stereocenters. The molecule has 4 aliphatic rings. The second kappa shape index (κ2) is 11.1. The van der Waals surface area contributed by atoms with E-state index >= 15 is 0 Å². The van der Waals surface area contributed by atoms with Crippen molar-refractivity contribution in [3.8, 4) is 5.75 Å². The molecular weight excluding hydrogens is 484 g/mol. The quantitative estimate of drug-likeness (QED) is 0.365. The van der Waals surface area contributed by atoms with Gasteiger partial charge in [-0.05, 0) is 105 Å². The van der Waals surface area contributed by atoms with E-state index in [0.29, 0.717) is 30.9 Å². The molecule has 0 radical (unpaired) electrons. The highest BCUT2D eigenvalue weighted by Gasteiger charge is 2.51. The summed E-state index contributed by atoms with van der Waals surface area (Å²) >= 11 is 0. The van der Waals surface area contributed by atoms with Crippen LogP contribution >= 0.6 is 0 Å². The third-order valence-corrected chi connectivity index (χ3v) is 8.28. The lowest BCUT2D eigenvalue weighted by atomic mass is 9.53. The summed E-state index contributed by atoms with van der Waals surface area (Å²) in [5.41, 5.74) is 1.41. The zero-order valence-corrected chi connectivity index (χ0v) is 21.8. The smallest absolute Gasteiger partial charge is 0.338 e. The molecule has 202 valence electrons. The van der Waals surface area contributed by atoms with Crippen LogP contribution in [0.3, 0.4) is 0 Å². The highest BCUT2D eigenvalue weighted by atomic mass is 16.5. The van der Waals surface area contributed by atoms with Crippen LogP contribution in [0.25, 0.3) is 0 Å². The first kappa shape index (κ1) is 26.1. The van der Waals surface area contributed by atoms with Gasteiger partial charge in [0.1, 0.15) is 11.9 Å². The summed E-state index contributed by atoms with van der Waals surface area (Å²) in [6, 6.07) is 13.1. The number of ether oxygens (including phenoxy) is 2. The first-order valence-electron chi connectivity index (χ1n) is 13.7. The Kier molecular flexibility index (Phi) is 7.58. The predicted molar refractivity (Wildman–Crippen MR) is 141 cm³/mol. The van der Waals surface area contributed by atoms with Crippen molar-refractivity contribution in [2.75, 3.05) is 13.2 Å². The Balaban J connectivity index is 1.22. The minimum Gasteiger partial charge on any atom is -0.486 e. The van der Waals surface area contributed by atoms with E-state index in [1.54, 1.807) is 31.2 Å². The Bertz CT molecular complexity index is 1120. The van der Waals surface area contributed by atoms with Gasteiger partial charge in [0.15, 0.2) is 0 Å². The van der Waals surface area contributed by atoms with Crippen LogP contribution in [0.15, 0.2) is 48.5 Å². The lowest BCUT2D eigenvalue weighted by Gasteiger charge is -2.56. The molecule has 0 heterocycles. The summed E-state index contributed by atoms with van der Waals surface area (Å²) in [7, 11) is 0. The standard InChI is InChI=1S/C30H36N2O6/c1-2-37-28(35)24-5-3-22(4-6-24)26(38-25-9-7-23(8-10-25)27(33)34)11-12-31-29(36)32-30-16-19-13-20(17-30)15-21(14-19)18-30/h3-10,19-21,26H,2,11-18H2,1H3,(H,33,34)(H2,31,32,36). The molecule has 4 saturated carbocycles. The molecule has 8 nitrogen and oxygen atoms in total. The molecule has 6 rings (SSSR count). The third kappa shape index (κ3) is 5.95. The van der Waals surface area contributed by atoms with Crippen LogP contribution in [-0.2, 0) is 4.74 Å². The maximum atomic E-state index is 12.9. The maximum absolute atomic E-state index is 12.9. The third-order valence-electron chi connectivity index (χ3n) is 8.28. The minimum absolute atomic E-state index is 0.0520. The van der Waals surface area contributed by atoms with Crippen molar-refractivity contribution in [3.05, 3.63) is 65.2 Å². The molecule has 2 aromatic rings. The summed E-state index contributed by atoms with van der Waals surface area (Å²) in [5.74, 6) is 1.39. The fourth-order valence-electron chi connectivity index (χ4n) is 7.05. The topological polar surface area (TPSA) is 114 Å². The first-order valence-corrected chi connectivity index (χ1v) is 13.7. The Hall–Kier alpha value is -3.55. The van der Waals surface area contributed by atoms with Gasteiger partial charge >= 0.3 is 18.0 Å². The monoisotopic (exact) mass is 520 g/mol. The lowest BCUT2D eigenvalue weighted by molar-refractivity contribution is -0.0135. The van der Waals surface area contributed by atoms with Gasteiger partial charge in [0.05, 0.1) is 17.7 Å². The van der Waals surface area contributed by atoms with Gasteiger partial charge in [-0.3, -0.25) is 0 Å². The molecule has 4 fully saturated rings. The molecule has 2 amide bonds. The van der Waals surface area contributed by atoms with Crippen molar-refractivity contribution >= 4 is 18.0 Å². The van der Waals surface area contributed by atoms with Crippen LogP contribution in [0.5, 0.6) is 5.75 Å². The average molecular weight is 521 g/mol. The molecule has 3 N–H and O–H groups in total. The number of hydrogen-bond acceptors (Lipinski definition) is 5. The second-order valence-corrected chi connectivity index (χ2v) is 11.1. The van der Waals surface area contributed by atoms with Crippen molar-refractivity contribution in [2.45, 2.75) is 63.5 Å². The molecule has 0 aliphatic heterocycles. The van der Waals surface area contributed by atoms with E-state index in [-0.39, 0.29) is 23.1 Å². The summed E-state index contributed by atoms with van der Waals surface area (Å²) in [4.78, 5) is 36.2. The number of carbonyl (C=O) groups excluding carboxylic acids is 2. The van der Waals surface area contributed by atoms with Crippen LogP contribution in [0.4, 0.5) is 4.79 Å². The zero-order chi connectivity index (χ0) is 26.7. The van der Waals surface area contributed by atoms with E-state index in [4.69, 9.17) is 9.47 Å². The zero-order valence-electron chi connectivity index (χ0n) is 21.8. The fraction of sp³-hybridized carbons (Fsp3) is 0.500. The van der Waals surface area contributed by atoms with Crippen LogP contribution in [0.2, 0.25) is 0 Å². The Morgan fingerprint density at radius 1 is 0.921 bits per heavy atom. The van der Waals surface area contributed by atoms with E-state index < -0.39 is 12.1 Å². The Morgan fingerprint density at radius 3 is 2.05 bits per heavy atom. The van der Waals surface area contributed by atoms with Gasteiger partial charge in [-0.2, -0.15) is 0 Å². The normalized spacial score (nSPS) is 25.9. The van der Waals surface area contributed by atoms with E-state index in [0.717, 1.165) is 42.6 Å². The number of aromatic carboxylic acids is 1. The van der Waals surface area contributed by atoms with Gasteiger partial charge in [-0.1, -0.05) is 12.1 Å². The first-order chi connectivity index (χ1) is 18.3. The highest BCUT2D eigenvalue weighted by Crippen LogP contribution is 2.55. The SMILES string of the molecule is CCOC(=O)c1ccc(C(CCNC(=O)NC23CC4CC(CC(C4)C2)C3)Oc2ccc(C(=O)O)cc2)cc1. The largest absolute Gasteiger partial charge is 0.486 e. The number of rotatable bonds is 10. The van der Waals surface area contributed by atoms with E-state index in [1.165, 1.54) is 31.4 Å². The van der Waals surface area contributed by atoms with Crippen molar-refractivity contribution < 1.29 is 29.0 Å². The van der Waals surface area contributed by atoms with Gasteiger partial charge in [-0.25, -0.2) is 14.4 Å². The molecule has 4 aliphatic carbocycles. The van der Waals surface area contributed by atoms with E-state index in [9.17, 15) is 19.5 Å². The van der Waals surface area contributed by atoms with Crippen molar-refractivity contribution in [3.63, 3.8) is 0 Å². The van der Waals surface area contributed by atoms with E-state index in [2.05, 4.69) is 10.6 Å². The molecule has 1 atom stereocenters. The highest BCUT2D eigenvalue weighted by molar-refractivity contribution is 5.89. The summed E-state index contributed by atoms with van der Waals surface area (Å²) < 4.78 is 11.3. The van der Waals surface area contributed by atoms with Crippen LogP contribution in [0, 0.1) is 17.8 Å². The number of benzene rings is 2. The van der Waals surface area contributed by atoms with Gasteiger partial charge in [-0.15, -0.1) is 0 Å². The Morgan fingerprint density at radius 2 is 1.50 bits per heavy atom. The van der Waals surface area contributed by atoms with E-state index in [1.807, 2.05) is 12.1 Å². The number of amides is 2. The molecule has 38 heavy (non-hydrogen) atoms. The number of hydrogen-bond donors (Lipinski definition) is 3. The Labute approximate surface area is 223 Å². The summed E-state index contributed by atoms with van der Waals surface area (Å²) in [6.07, 6.45) is 7.33. The van der Waals surface area contributed by atoms with Gasteiger partial charge in [0, 0.05) is 18.5 Å². The lowest BCUT2D eigenvalue weighted by Crippen LogP contribution is -2.61. The van der Waals surface area contributed by atoms with Crippen molar-refractivity contribution in [2.24, 2.45) is 17.8 Å². The minimum atomic E-state index is -1.00. The molecule has 8 heteroatoms. The van der Waals surface area contributed by atoms with Gasteiger partial charge < -0.3 is 25.2 Å². The molecular formula is C30H36N2O6. The number of carboxylic acid groups (broad SMARTS) is 1. The molecule has 0 saturated heterocycles.